The largest absolute Gasteiger partial charge is 0.134 e. The predicted molar refractivity (Wildman–Crippen MR) is 207 cm³/mol. The summed E-state index contributed by atoms with van der Waals surface area (Å²) in [5.74, 6) is 3.42. The normalized spacial score (nSPS) is 22.6. The molecule has 6 aromatic rings. The Morgan fingerprint density at radius 1 is 0.500 bits per heavy atom. The summed E-state index contributed by atoms with van der Waals surface area (Å²) in [5.41, 5.74) is 3.15. The maximum atomic E-state index is 2.54. The molecule has 240 valence electrons. The fourth-order valence-electron chi connectivity index (χ4n) is 9.38. The van der Waals surface area contributed by atoms with Gasteiger partial charge >= 0.3 is 0 Å². The molecule has 0 saturated heterocycles. The third-order valence-corrected chi connectivity index (χ3v) is 14.6. The fourth-order valence-corrected chi connectivity index (χ4v) is 12.1. The number of fused-ring (bicyclic) bond motifs is 9. The quantitative estimate of drug-likeness (QED) is 0.130. The van der Waals surface area contributed by atoms with Crippen LogP contribution in [0, 0.1) is 11.8 Å². The second-order valence-electron chi connectivity index (χ2n) is 15.1. The molecule has 2 heteroatoms. The number of rotatable bonds is 10. The lowest BCUT2D eigenvalue weighted by Gasteiger charge is -2.29. The van der Waals surface area contributed by atoms with E-state index in [1.807, 2.05) is 22.7 Å². The van der Waals surface area contributed by atoms with Gasteiger partial charge in [-0.2, -0.15) is 0 Å². The summed E-state index contributed by atoms with van der Waals surface area (Å²) < 4.78 is 5.89. The van der Waals surface area contributed by atoms with E-state index in [9.17, 15) is 0 Å². The van der Waals surface area contributed by atoms with Gasteiger partial charge in [-0.15, -0.1) is 22.7 Å². The van der Waals surface area contributed by atoms with Crippen molar-refractivity contribution in [3.8, 4) is 0 Å². The molecule has 2 aliphatic rings. The second-order valence-corrected chi connectivity index (χ2v) is 17.2. The smallest absolute Gasteiger partial charge is 0.0548 e. The number of thiophene rings is 2. The molecular formula is C44H52S2. The summed E-state index contributed by atoms with van der Waals surface area (Å²) in [4.78, 5) is 0. The minimum atomic E-state index is 0.742. The number of hydrogen-bond acceptors (Lipinski definition) is 2. The third kappa shape index (κ3) is 5.92. The van der Waals surface area contributed by atoms with Gasteiger partial charge < -0.3 is 0 Å². The Morgan fingerprint density at radius 3 is 1.35 bits per heavy atom. The van der Waals surface area contributed by atoms with Crippen LogP contribution in [-0.2, 0) is 0 Å². The standard InChI is InChI=1S/C44H52S2/c1-3-5-7-9-29-11-15-31(16-12-29)33-19-23-37-35(27-33)21-25-39-41(37)43-44(45-39)42-38-24-20-34(28-36(38)22-26-40(42)46-43)32-17-13-30(14-18-32)10-8-6-4-2/h19-32H,3-18H2,1-2H3. The van der Waals surface area contributed by atoms with Crippen molar-refractivity contribution in [2.24, 2.45) is 11.8 Å². The number of hydrogen-bond donors (Lipinski definition) is 0. The van der Waals surface area contributed by atoms with Crippen LogP contribution < -0.4 is 0 Å². The monoisotopic (exact) mass is 644 g/mol. The Balaban J connectivity index is 1.07. The van der Waals surface area contributed by atoms with Crippen molar-refractivity contribution in [3.05, 3.63) is 71.8 Å². The van der Waals surface area contributed by atoms with E-state index in [1.54, 1.807) is 11.1 Å². The van der Waals surface area contributed by atoms with E-state index in [4.69, 9.17) is 0 Å². The maximum Gasteiger partial charge on any atom is 0.0548 e. The van der Waals surface area contributed by atoms with Crippen LogP contribution >= 0.6 is 22.7 Å². The van der Waals surface area contributed by atoms with Gasteiger partial charge in [-0.3, -0.25) is 0 Å². The first-order valence-electron chi connectivity index (χ1n) is 18.9. The highest BCUT2D eigenvalue weighted by molar-refractivity contribution is 7.37. The molecule has 2 aromatic heterocycles. The van der Waals surface area contributed by atoms with E-state index in [0.29, 0.717) is 0 Å². The zero-order valence-electron chi connectivity index (χ0n) is 28.2. The van der Waals surface area contributed by atoms with Gasteiger partial charge in [0.15, 0.2) is 0 Å². The SMILES string of the molecule is CCCCCC1CCC(c2ccc3c(ccc4sc5c(sc6ccc7cc(C8CCC(CCCCC)CC8)ccc7c65)c43)c2)CC1. The fraction of sp³-hybridized carbons (Fsp3) is 0.500. The van der Waals surface area contributed by atoms with Crippen LogP contribution in [0.3, 0.4) is 0 Å². The predicted octanol–water partition coefficient (Wildman–Crippen LogP) is 15.3. The molecule has 2 aliphatic carbocycles. The summed E-state index contributed by atoms with van der Waals surface area (Å²) >= 11 is 4.04. The average Bonchev–Trinajstić information content (AvgIpc) is 3.65. The van der Waals surface area contributed by atoms with Crippen LogP contribution in [0.5, 0.6) is 0 Å². The summed E-state index contributed by atoms with van der Waals surface area (Å²) in [6.45, 7) is 4.65. The minimum Gasteiger partial charge on any atom is -0.134 e. The van der Waals surface area contributed by atoms with Gasteiger partial charge in [-0.1, -0.05) is 114 Å². The highest BCUT2D eigenvalue weighted by Crippen LogP contribution is 2.49. The topological polar surface area (TPSA) is 0 Å². The maximum absolute atomic E-state index is 2.54. The lowest BCUT2D eigenvalue weighted by molar-refractivity contribution is 0.303. The lowest BCUT2D eigenvalue weighted by Crippen LogP contribution is -2.13. The van der Waals surface area contributed by atoms with Crippen LogP contribution in [0.15, 0.2) is 60.7 Å². The molecule has 46 heavy (non-hydrogen) atoms. The molecule has 0 aliphatic heterocycles. The first kappa shape index (κ1) is 30.9. The van der Waals surface area contributed by atoms with E-state index in [-0.39, 0.29) is 0 Å². The number of unbranched alkanes of at least 4 members (excludes halogenated alkanes) is 4. The van der Waals surface area contributed by atoms with Crippen LogP contribution in [0.2, 0.25) is 0 Å². The first-order valence-corrected chi connectivity index (χ1v) is 20.6. The van der Waals surface area contributed by atoms with Crippen LogP contribution in [0.4, 0.5) is 0 Å². The van der Waals surface area contributed by atoms with Crippen molar-refractivity contribution in [1.29, 1.82) is 0 Å². The van der Waals surface area contributed by atoms with Crippen molar-refractivity contribution in [1.82, 2.24) is 0 Å². The molecule has 2 saturated carbocycles. The number of benzene rings is 4. The van der Waals surface area contributed by atoms with Gasteiger partial charge in [0, 0.05) is 20.2 Å². The molecule has 0 spiro atoms. The highest BCUT2D eigenvalue weighted by atomic mass is 32.1. The van der Waals surface area contributed by atoms with Crippen molar-refractivity contribution >= 4 is 73.8 Å². The van der Waals surface area contributed by atoms with Crippen molar-refractivity contribution < 1.29 is 0 Å². The Bertz CT molecular complexity index is 1810. The molecule has 2 fully saturated rings. The zero-order valence-corrected chi connectivity index (χ0v) is 29.8. The van der Waals surface area contributed by atoms with Crippen molar-refractivity contribution in [2.75, 3.05) is 0 Å². The van der Waals surface area contributed by atoms with Crippen molar-refractivity contribution in [2.45, 2.75) is 128 Å². The Labute approximate surface area is 284 Å². The van der Waals surface area contributed by atoms with E-state index in [0.717, 1.165) is 23.7 Å². The zero-order chi connectivity index (χ0) is 31.0. The van der Waals surface area contributed by atoms with E-state index in [1.165, 1.54) is 154 Å². The van der Waals surface area contributed by atoms with E-state index >= 15 is 0 Å². The van der Waals surface area contributed by atoms with Gasteiger partial charge in [0.25, 0.3) is 0 Å². The Kier molecular flexibility index (Phi) is 9.13. The molecule has 0 N–H and O–H groups in total. The third-order valence-electron chi connectivity index (χ3n) is 12.2. The molecule has 0 nitrogen and oxygen atoms in total. The van der Waals surface area contributed by atoms with Crippen LogP contribution in [0.25, 0.3) is 51.1 Å². The molecule has 4 aromatic carbocycles. The molecule has 8 rings (SSSR count). The average molecular weight is 645 g/mol. The van der Waals surface area contributed by atoms with E-state index < -0.39 is 0 Å². The minimum absolute atomic E-state index is 0.742. The summed E-state index contributed by atoms with van der Waals surface area (Å²) in [6, 6.07) is 24.6. The molecule has 2 heterocycles. The van der Waals surface area contributed by atoms with Gasteiger partial charge in [-0.05, 0) is 120 Å². The van der Waals surface area contributed by atoms with Gasteiger partial charge in [0.2, 0.25) is 0 Å². The van der Waals surface area contributed by atoms with Gasteiger partial charge in [-0.25, -0.2) is 0 Å². The van der Waals surface area contributed by atoms with E-state index in [2.05, 4.69) is 74.5 Å². The molecule has 0 amide bonds. The first-order chi connectivity index (χ1) is 22.7. The summed E-state index contributed by atoms with van der Waals surface area (Å²) in [7, 11) is 0. The highest BCUT2D eigenvalue weighted by Gasteiger charge is 2.24. The van der Waals surface area contributed by atoms with Gasteiger partial charge in [0.1, 0.15) is 0 Å². The molecular weight excluding hydrogens is 593 g/mol. The molecule has 0 atom stereocenters. The second kappa shape index (κ2) is 13.6. The van der Waals surface area contributed by atoms with Crippen LogP contribution in [-0.4, -0.2) is 0 Å². The van der Waals surface area contributed by atoms with Crippen molar-refractivity contribution in [3.63, 3.8) is 0 Å². The lowest BCUT2D eigenvalue weighted by atomic mass is 9.76. The molecule has 0 radical (unpaired) electrons. The Morgan fingerprint density at radius 2 is 0.935 bits per heavy atom. The molecule has 0 unspecified atom stereocenters. The Hall–Kier alpha value is -2.42. The summed E-state index contributed by atoms with van der Waals surface area (Å²) in [6.07, 6.45) is 22.5. The summed E-state index contributed by atoms with van der Waals surface area (Å²) in [5, 5.41) is 8.74. The van der Waals surface area contributed by atoms with Gasteiger partial charge in [0.05, 0.1) is 9.40 Å². The van der Waals surface area contributed by atoms with Crippen LogP contribution in [0.1, 0.15) is 140 Å². The molecule has 0 bridgehead atoms.